The molecular weight excluding hydrogens is 416 g/mol. The third-order valence-electron chi connectivity index (χ3n) is 8.07. The highest BCUT2D eigenvalue weighted by atomic mass is 16.6. The minimum absolute atomic E-state index is 0.0108. The molecule has 3 saturated carbocycles. The van der Waals surface area contributed by atoms with E-state index in [2.05, 4.69) is 6.58 Å². The summed E-state index contributed by atoms with van der Waals surface area (Å²) in [6.07, 6.45) is -1.21. The molecule has 32 heavy (non-hydrogen) atoms. The second-order valence-electron chi connectivity index (χ2n) is 10.6. The molecule has 0 aromatic heterocycles. The van der Waals surface area contributed by atoms with Crippen molar-refractivity contribution in [2.75, 3.05) is 0 Å². The number of ketones is 3. The van der Waals surface area contributed by atoms with Crippen LogP contribution in [-0.2, 0) is 33.4 Å². The summed E-state index contributed by atoms with van der Waals surface area (Å²) in [6, 6.07) is 0. The monoisotopic (exact) mass is 448 g/mol. The highest BCUT2D eigenvalue weighted by molar-refractivity contribution is 6.07. The van der Waals surface area contributed by atoms with Gasteiger partial charge in [-0.15, -0.1) is 6.58 Å². The van der Waals surface area contributed by atoms with Crippen molar-refractivity contribution in [2.45, 2.75) is 78.6 Å². The summed E-state index contributed by atoms with van der Waals surface area (Å²) in [4.78, 5) is 64.1. The van der Waals surface area contributed by atoms with Gasteiger partial charge >= 0.3 is 11.9 Å². The van der Waals surface area contributed by atoms with E-state index in [-0.39, 0.29) is 30.8 Å². The number of hydrogen-bond donors (Lipinski definition) is 1. The summed E-state index contributed by atoms with van der Waals surface area (Å²) in [5.74, 6) is -4.37. The van der Waals surface area contributed by atoms with Crippen LogP contribution in [0.1, 0.15) is 60.8 Å². The predicted molar refractivity (Wildman–Crippen MR) is 112 cm³/mol. The van der Waals surface area contributed by atoms with Gasteiger partial charge in [0.15, 0.2) is 23.3 Å². The van der Waals surface area contributed by atoms with E-state index < -0.39 is 63.6 Å². The molecule has 176 valence electrons. The molecule has 0 saturated heterocycles. The Hall–Kier alpha value is -2.35. The molecule has 3 rings (SSSR count). The molecule has 7 unspecified atom stereocenters. The van der Waals surface area contributed by atoms with E-state index in [1.54, 1.807) is 20.8 Å². The van der Waals surface area contributed by atoms with Crippen LogP contribution in [0.3, 0.4) is 0 Å². The molecule has 0 aliphatic heterocycles. The number of ether oxygens (including phenoxy) is 2. The first-order valence-electron chi connectivity index (χ1n) is 10.9. The van der Waals surface area contributed by atoms with Crippen molar-refractivity contribution >= 4 is 29.3 Å². The molecule has 0 heterocycles. The average Bonchev–Trinajstić information content (AvgIpc) is 2.65. The largest absolute Gasteiger partial charge is 0.459 e. The Morgan fingerprint density at radius 3 is 2.12 bits per heavy atom. The van der Waals surface area contributed by atoms with Crippen molar-refractivity contribution in [3.8, 4) is 0 Å². The number of aliphatic hydroxyl groups is 1. The quantitative estimate of drug-likeness (QED) is 0.513. The highest BCUT2D eigenvalue weighted by Crippen LogP contribution is 2.64. The van der Waals surface area contributed by atoms with Crippen molar-refractivity contribution in [3.63, 3.8) is 0 Å². The third-order valence-corrected chi connectivity index (χ3v) is 8.07. The van der Waals surface area contributed by atoms with Crippen LogP contribution in [-0.4, -0.2) is 52.2 Å². The molecule has 8 heteroatoms. The van der Waals surface area contributed by atoms with Gasteiger partial charge in [-0.05, 0) is 31.1 Å². The summed E-state index contributed by atoms with van der Waals surface area (Å²) in [7, 11) is 0. The van der Waals surface area contributed by atoms with E-state index >= 15 is 0 Å². The zero-order valence-electron chi connectivity index (χ0n) is 19.5. The fourth-order valence-electron chi connectivity index (χ4n) is 6.70. The molecular formula is C24H32O8. The van der Waals surface area contributed by atoms with Gasteiger partial charge in [0.1, 0.15) is 11.9 Å². The molecule has 8 nitrogen and oxygen atoms in total. The number of rotatable bonds is 3. The number of Topliss-reactive ketones (excluding diaryl/α,β-unsaturated/α-hetero) is 3. The molecule has 3 aliphatic rings. The van der Waals surface area contributed by atoms with Crippen molar-refractivity contribution in [1.29, 1.82) is 0 Å². The fraction of sp³-hybridized carbons (Fsp3) is 0.708. The van der Waals surface area contributed by atoms with Crippen LogP contribution in [0.15, 0.2) is 12.7 Å². The fourth-order valence-corrected chi connectivity index (χ4v) is 6.70. The number of carbonyl (C=O) groups excluding carboxylic acids is 5. The summed E-state index contributed by atoms with van der Waals surface area (Å²) in [6.45, 7) is 12.7. The molecule has 3 fully saturated rings. The molecule has 0 spiro atoms. The Kier molecular flexibility index (Phi) is 5.57. The van der Waals surface area contributed by atoms with Crippen LogP contribution in [0.2, 0.25) is 0 Å². The molecule has 7 atom stereocenters. The van der Waals surface area contributed by atoms with Crippen molar-refractivity contribution in [1.82, 2.24) is 0 Å². The van der Waals surface area contributed by atoms with E-state index in [1.165, 1.54) is 26.8 Å². The maximum Gasteiger partial charge on any atom is 0.303 e. The minimum Gasteiger partial charge on any atom is -0.459 e. The molecule has 1 N–H and O–H groups in total. The van der Waals surface area contributed by atoms with Gasteiger partial charge < -0.3 is 14.6 Å². The van der Waals surface area contributed by atoms with Gasteiger partial charge in [0.2, 0.25) is 0 Å². The predicted octanol–water partition coefficient (Wildman–Crippen LogP) is 1.96. The summed E-state index contributed by atoms with van der Waals surface area (Å²) >= 11 is 0. The van der Waals surface area contributed by atoms with Gasteiger partial charge in [-0.2, -0.15) is 0 Å². The lowest BCUT2D eigenvalue weighted by molar-refractivity contribution is -0.241. The first-order valence-corrected chi connectivity index (χ1v) is 10.9. The van der Waals surface area contributed by atoms with Gasteiger partial charge in [0.25, 0.3) is 0 Å². The second kappa shape index (κ2) is 7.33. The van der Waals surface area contributed by atoms with Crippen LogP contribution >= 0.6 is 0 Å². The van der Waals surface area contributed by atoms with Gasteiger partial charge in [0.05, 0.1) is 11.3 Å². The zero-order valence-corrected chi connectivity index (χ0v) is 19.5. The second-order valence-corrected chi connectivity index (χ2v) is 10.6. The lowest BCUT2D eigenvalue weighted by atomic mass is 9.40. The number of esters is 2. The zero-order chi connectivity index (χ0) is 24.4. The smallest absolute Gasteiger partial charge is 0.303 e. The Labute approximate surface area is 187 Å². The van der Waals surface area contributed by atoms with Crippen LogP contribution in [0.5, 0.6) is 0 Å². The normalized spacial score (nSPS) is 43.0. The number of carbonyl (C=O) groups is 5. The molecule has 0 bridgehead atoms. The first-order chi connectivity index (χ1) is 14.6. The molecule has 3 aliphatic carbocycles. The van der Waals surface area contributed by atoms with Crippen LogP contribution in [0.4, 0.5) is 0 Å². The van der Waals surface area contributed by atoms with Crippen LogP contribution < -0.4 is 0 Å². The molecule has 0 aromatic carbocycles. The van der Waals surface area contributed by atoms with E-state index in [0.29, 0.717) is 0 Å². The Bertz CT molecular complexity index is 919. The Morgan fingerprint density at radius 2 is 1.62 bits per heavy atom. The number of hydrogen-bond acceptors (Lipinski definition) is 8. The van der Waals surface area contributed by atoms with E-state index in [0.717, 1.165) is 0 Å². The minimum atomic E-state index is -2.29. The van der Waals surface area contributed by atoms with E-state index in [9.17, 15) is 29.1 Å². The van der Waals surface area contributed by atoms with Crippen LogP contribution in [0, 0.1) is 28.1 Å². The Morgan fingerprint density at radius 1 is 1.06 bits per heavy atom. The van der Waals surface area contributed by atoms with Gasteiger partial charge in [-0.1, -0.05) is 26.8 Å². The highest BCUT2D eigenvalue weighted by Gasteiger charge is 2.74. The summed E-state index contributed by atoms with van der Waals surface area (Å²) in [5, 5.41) is 11.9. The van der Waals surface area contributed by atoms with Crippen molar-refractivity contribution in [2.24, 2.45) is 28.1 Å². The van der Waals surface area contributed by atoms with E-state index in [1.807, 2.05) is 0 Å². The summed E-state index contributed by atoms with van der Waals surface area (Å²) in [5.41, 5.74) is -5.72. The third kappa shape index (κ3) is 3.17. The van der Waals surface area contributed by atoms with Gasteiger partial charge in [0, 0.05) is 25.7 Å². The SMILES string of the molecule is C=CC1(C)CC(=O)C2C3(C)CC(OC(C)=O)C(=O)C(C)(C)C3CC(OC(C)=O)C2(O)C1=O. The molecule has 0 aromatic rings. The maximum absolute atomic E-state index is 13.7. The topological polar surface area (TPSA) is 124 Å². The van der Waals surface area contributed by atoms with Crippen molar-refractivity contribution < 1.29 is 38.6 Å². The lowest BCUT2D eigenvalue weighted by Gasteiger charge is -2.64. The Balaban J connectivity index is 2.24. The van der Waals surface area contributed by atoms with E-state index in [4.69, 9.17) is 9.47 Å². The lowest BCUT2D eigenvalue weighted by Crippen LogP contribution is -2.76. The first kappa shape index (κ1) is 24.3. The number of allylic oxidation sites excluding steroid dienone is 1. The van der Waals surface area contributed by atoms with Crippen molar-refractivity contribution in [3.05, 3.63) is 12.7 Å². The summed E-state index contributed by atoms with van der Waals surface area (Å²) < 4.78 is 10.8. The number of fused-ring (bicyclic) bond motifs is 3. The molecule has 0 radical (unpaired) electrons. The molecule has 0 amide bonds. The van der Waals surface area contributed by atoms with Gasteiger partial charge in [-0.3, -0.25) is 24.0 Å². The standard InChI is InChI=1S/C24H32O8/c1-8-22(6)10-14(27)18-23(7)11-15(31-12(2)25)19(28)21(4,5)16(23)9-17(32-13(3)26)24(18,30)20(22)29/h8,15-18,30H,1,9-11H2,2-7H3. The van der Waals surface area contributed by atoms with Gasteiger partial charge in [-0.25, -0.2) is 0 Å². The maximum atomic E-state index is 13.7. The average molecular weight is 449 g/mol. The van der Waals surface area contributed by atoms with Crippen LogP contribution in [0.25, 0.3) is 0 Å².